The molecule has 2 N–H and O–H groups in total. The van der Waals surface area contributed by atoms with Crippen molar-refractivity contribution in [3.8, 4) is 11.1 Å². The summed E-state index contributed by atoms with van der Waals surface area (Å²) >= 11 is 0. The third-order valence-corrected chi connectivity index (χ3v) is 8.22. The van der Waals surface area contributed by atoms with Gasteiger partial charge in [-0.25, -0.2) is 4.79 Å². The summed E-state index contributed by atoms with van der Waals surface area (Å²) in [7, 11) is 0. The van der Waals surface area contributed by atoms with Crippen LogP contribution in [-0.4, -0.2) is 54.2 Å². The van der Waals surface area contributed by atoms with Crippen molar-refractivity contribution in [3.63, 3.8) is 0 Å². The minimum Gasteiger partial charge on any atom is -0.481 e. The van der Waals surface area contributed by atoms with Crippen LogP contribution in [0.5, 0.6) is 0 Å². The van der Waals surface area contributed by atoms with Gasteiger partial charge in [0.05, 0.1) is 5.41 Å². The Bertz CT molecular complexity index is 1100. The van der Waals surface area contributed by atoms with Gasteiger partial charge in [-0.15, -0.1) is 0 Å². The highest BCUT2D eigenvalue weighted by atomic mass is 16.5. The number of carbonyl (C=O) groups is 3. The fraction of sp³-hybridized carbons (Fsp3) is 0.464. The van der Waals surface area contributed by atoms with Crippen molar-refractivity contribution >= 4 is 18.0 Å². The number of ether oxygens (including phenoxy) is 1. The van der Waals surface area contributed by atoms with Gasteiger partial charge in [0.2, 0.25) is 5.91 Å². The van der Waals surface area contributed by atoms with E-state index >= 15 is 0 Å². The molecule has 3 aliphatic rings. The fourth-order valence-corrected chi connectivity index (χ4v) is 6.28. The maximum Gasteiger partial charge on any atom is 0.407 e. The first-order valence-electron chi connectivity index (χ1n) is 12.5. The van der Waals surface area contributed by atoms with E-state index < -0.39 is 17.5 Å². The molecule has 1 heterocycles. The van der Waals surface area contributed by atoms with E-state index in [1.165, 1.54) is 11.1 Å². The highest BCUT2D eigenvalue weighted by molar-refractivity contribution is 5.83. The largest absolute Gasteiger partial charge is 0.481 e. The van der Waals surface area contributed by atoms with Crippen LogP contribution in [-0.2, 0) is 14.3 Å². The van der Waals surface area contributed by atoms with Crippen LogP contribution in [0, 0.1) is 17.3 Å². The molecule has 1 unspecified atom stereocenters. The number of carboxylic acids is 1. The summed E-state index contributed by atoms with van der Waals surface area (Å²) in [5, 5.41) is 12.5. The number of fused-ring (bicyclic) bond motifs is 4. The van der Waals surface area contributed by atoms with Crippen LogP contribution < -0.4 is 5.32 Å². The van der Waals surface area contributed by atoms with Gasteiger partial charge >= 0.3 is 12.1 Å². The van der Waals surface area contributed by atoms with E-state index in [4.69, 9.17) is 4.74 Å². The van der Waals surface area contributed by atoms with Crippen LogP contribution in [0.2, 0.25) is 0 Å². The lowest BCUT2D eigenvalue weighted by Gasteiger charge is -2.25. The van der Waals surface area contributed by atoms with Gasteiger partial charge in [-0.2, -0.15) is 0 Å². The van der Waals surface area contributed by atoms with Crippen molar-refractivity contribution < 1.29 is 24.2 Å². The summed E-state index contributed by atoms with van der Waals surface area (Å²) in [6.45, 7) is 3.24. The zero-order chi connectivity index (χ0) is 24.6. The third kappa shape index (κ3) is 4.17. The van der Waals surface area contributed by atoms with Crippen molar-refractivity contribution in [2.45, 2.75) is 38.5 Å². The van der Waals surface area contributed by atoms with E-state index in [9.17, 15) is 19.5 Å². The van der Waals surface area contributed by atoms with E-state index in [-0.39, 0.29) is 30.3 Å². The number of rotatable bonds is 7. The molecular weight excluding hydrogens is 444 g/mol. The summed E-state index contributed by atoms with van der Waals surface area (Å²) in [5.74, 6) is -1.05. The highest BCUT2D eigenvalue weighted by Crippen LogP contribution is 2.49. The van der Waals surface area contributed by atoms with Gasteiger partial charge in [-0.1, -0.05) is 61.9 Å². The van der Waals surface area contributed by atoms with E-state index in [1.54, 1.807) is 4.90 Å². The molecule has 0 aromatic heterocycles. The molecule has 2 fully saturated rings. The molecule has 1 aliphatic heterocycles. The molecule has 5 rings (SSSR count). The number of alkyl carbamates (subject to hydrolysis) is 1. The Morgan fingerprint density at radius 3 is 2.40 bits per heavy atom. The first kappa shape index (κ1) is 23.4. The number of carboxylic acid groups (broad SMARTS) is 1. The maximum atomic E-state index is 12.9. The summed E-state index contributed by atoms with van der Waals surface area (Å²) in [6, 6.07) is 16.4. The molecule has 0 spiro atoms. The number of carbonyl (C=O) groups excluding carboxylic acids is 2. The smallest absolute Gasteiger partial charge is 0.407 e. The molecule has 2 aromatic rings. The van der Waals surface area contributed by atoms with E-state index in [2.05, 4.69) is 29.6 Å². The average Bonchev–Trinajstić information content (AvgIpc) is 3.52. The van der Waals surface area contributed by atoms with Crippen molar-refractivity contribution in [2.24, 2.45) is 17.3 Å². The molecular formula is C28H32N2O5. The lowest BCUT2D eigenvalue weighted by molar-refractivity contribution is -0.149. The molecule has 7 nitrogen and oxygen atoms in total. The molecule has 7 heteroatoms. The van der Waals surface area contributed by atoms with Crippen LogP contribution >= 0.6 is 0 Å². The number of nitrogens with zero attached hydrogens (tertiary/aromatic N) is 1. The Hall–Kier alpha value is -3.35. The number of amides is 2. The summed E-state index contributed by atoms with van der Waals surface area (Å²) < 4.78 is 5.56. The predicted octanol–water partition coefficient (Wildman–Crippen LogP) is 4.26. The van der Waals surface area contributed by atoms with Crippen LogP contribution in [0.15, 0.2) is 48.5 Å². The first-order valence-corrected chi connectivity index (χ1v) is 12.5. The van der Waals surface area contributed by atoms with Crippen molar-refractivity contribution in [3.05, 3.63) is 59.7 Å². The zero-order valence-electron chi connectivity index (χ0n) is 20.0. The second-order valence-corrected chi connectivity index (χ2v) is 10.2. The number of nitrogens with one attached hydrogen (secondary N) is 1. The van der Waals surface area contributed by atoms with Crippen LogP contribution in [0.4, 0.5) is 4.79 Å². The summed E-state index contributed by atoms with van der Waals surface area (Å²) in [5.41, 5.74) is 3.92. The monoisotopic (exact) mass is 476 g/mol. The molecule has 1 saturated heterocycles. The number of likely N-dealkylation sites (tertiary alicyclic amines) is 1. The van der Waals surface area contributed by atoms with Gasteiger partial charge in [0.1, 0.15) is 6.61 Å². The minimum atomic E-state index is -0.778. The predicted molar refractivity (Wildman–Crippen MR) is 131 cm³/mol. The normalized spacial score (nSPS) is 23.3. The standard InChI is InChI=1S/C28H32N2O5/c1-18(25(31)30-15-19-7-6-13-28(19,17-30)26(32)33)12-14-29-27(34)35-16-24-22-10-4-2-8-20(22)21-9-3-5-11-23(21)24/h2-5,8-11,18-19,24H,6-7,12-17H2,1H3,(H,29,34)(H,32,33)/t18?,19-,28-/m1/s1. The van der Waals surface area contributed by atoms with Gasteiger partial charge in [-0.05, 0) is 47.4 Å². The number of hydrogen-bond acceptors (Lipinski definition) is 4. The van der Waals surface area contributed by atoms with Crippen LogP contribution in [0.25, 0.3) is 11.1 Å². The van der Waals surface area contributed by atoms with Gasteiger partial charge in [-0.3, -0.25) is 9.59 Å². The molecule has 0 radical (unpaired) electrons. The van der Waals surface area contributed by atoms with Crippen LogP contribution in [0.1, 0.15) is 49.7 Å². The summed E-state index contributed by atoms with van der Waals surface area (Å²) in [4.78, 5) is 38.9. The highest BCUT2D eigenvalue weighted by Gasteiger charge is 2.56. The number of hydrogen-bond donors (Lipinski definition) is 2. The maximum absolute atomic E-state index is 12.9. The first-order chi connectivity index (χ1) is 16.9. The quantitative estimate of drug-likeness (QED) is 0.622. The zero-order valence-corrected chi connectivity index (χ0v) is 20.0. The van der Waals surface area contributed by atoms with Crippen molar-refractivity contribution in [1.82, 2.24) is 10.2 Å². The molecule has 184 valence electrons. The van der Waals surface area contributed by atoms with Crippen LogP contribution in [0.3, 0.4) is 0 Å². The summed E-state index contributed by atoms with van der Waals surface area (Å²) in [6.07, 6.45) is 2.41. The van der Waals surface area contributed by atoms with E-state index in [0.717, 1.165) is 24.0 Å². The molecule has 1 saturated carbocycles. The fourth-order valence-electron chi connectivity index (χ4n) is 6.28. The van der Waals surface area contributed by atoms with Gasteiger partial charge in [0.25, 0.3) is 0 Å². The lowest BCUT2D eigenvalue weighted by Crippen LogP contribution is -2.39. The Balaban J connectivity index is 1.10. The Morgan fingerprint density at radius 1 is 1.11 bits per heavy atom. The Labute approximate surface area is 205 Å². The molecule has 0 bridgehead atoms. The Morgan fingerprint density at radius 2 is 1.77 bits per heavy atom. The molecule has 2 amide bonds. The van der Waals surface area contributed by atoms with E-state index in [0.29, 0.717) is 32.5 Å². The average molecular weight is 477 g/mol. The van der Waals surface area contributed by atoms with E-state index in [1.807, 2.05) is 31.2 Å². The van der Waals surface area contributed by atoms with Crippen molar-refractivity contribution in [2.75, 3.05) is 26.2 Å². The third-order valence-electron chi connectivity index (χ3n) is 8.22. The second-order valence-electron chi connectivity index (χ2n) is 10.2. The van der Waals surface area contributed by atoms with Gasteiger partial charge < -0.3 is 20.1 Å². The molecule has 35 heavy (non-hydrogen) atoms. The Kier molecular flexibility index (Phi) is 6.26. The minimum absolute atomic E-state index is 0.00447. The molecule has 3 atom stereocenters. The second kappa shape index (κ2) is 9.36. The number of aliphatic carboxylic acids is 1. The van der Waals surface area contributed by atoms with Gasteiger partial charge in [0, 0.05) is 31.5 Å². The lowest BCUT2D eigenvalue weighted by atomic mass is 9.81. The number of benzene rings is 2. The van der Waals surface area contributed by atoms with Gasteiger partial charge in [0.15, 0.2) is 0 Å². The molecule has 2 aliphatic carbocycles. The SMILES string of the molecule is CC(CCNC(=O)OCC1c2ccccc2-c2ccccc21)C(=O)N1C[C@H]2CCC[C@@]2(C(=O)O)C1. The van der Waals surface area contributed by atoms with Crippen molar-refractivity contribution in [1.29, 1.82) is 0 Å². The molecule has 2 aromatic carbocycles. The topological polar surface area (TPSA) is 95.9 Å².